The number of thiazole rings is 1. The molecule has 1 aliphatic heterocycles. The largest absolute Gasteiger partial charge is 0.496 e. The molecular weight excluding hydrogens is 468 g/mol. The summed E-state index contributed by atoms with van der Waals surface area (Å²) in [4.78, 5) is 32.7. The number of thiophene rings is 1. The number of hydrogen-bond acceptors (Lipinski definition) is 7. The molecule has 3 heterocycles. The van der Waals surface area contributed by atoms with Crippen LogP contribution in [0.1, 0.15) is 30.3 Å². The van der Waals surface area contributed by atoms with E-state index in [0.717, 1.165) is 21.2 Å². The number of rotatable bonds is 5. The van der Waals surface area contributed by atoms with E-state index in [2.05, 4.69) is 4.99 Å². The van der Waals surface area contributed by atoms with Crippen molar-refractivity contribution in [3.8, 4) is 5.75 Å². The van der Waals surface area contributed by atoms with Crippen molar-refractivity contribution in [2.24, 2.45) is 4.99 Å². The first-order valence-corrected chi connectivity index (χ1v) is 12.5. The number of methoxy groups -OCH3 is 1. The van der Waals surface area contributed by atoms with E-state index in [1.807, 2.05) is 60.0 Å². The molecule has 1 unspecified atom stereocenters. The van der Waals surface area contributed by atoms with Gasteiger partial charge in [-0.25, -0.2) is 9.79 Å². The molecule has 4 aromatic rings. The maximum absolute atomic E-state index is 13.8. The van der Waals surface area contributed by atoms with E-state index in [4.69, 9.17) is 9.47 Å². The van der Waals surface area contributed by atoms with Crippen LogP contribution in [0.25, 0.3) is 16.8 Å². The Kier molecular flexibility index (Phi) is 5.93. The second-order valence-corrected chi connectivity index (χ2v) is 9.71. The lowest BCUT2D eigenvalue weighted by Crippen LogP contribution is -2.39. The van der Waals surface area contributed by atoms with Gasteiger partial charge in [0.2, 0.25) is 0 Å². The van der Waals surface area contributed by atoms with Gasteiger partial charge >= 0.3 is 5.97 Å². The molecule has 0 aliphatic carbocycles. The standard InChI is InChI=1S/C26H22N2O4S2/c1-4-32-25(30)22-15(2)27-26-28(23(22)20-10-7-13-33-20)24(29)21(34-26)14-18-17-9-6-5-8-16(17)11-12-19(18)31-3/h5-14,23H,4H2,1-3H3/b21-14-. The molecule has 0 bridgehead atoms. The van der Waals surface area contributed by atoms with E-state index < -0.39 is 12.0 Å². The number of benzene rings is 2. The van der Waals surface area contributed by atoms with Crippen LogP contribution in [0.2, 0.25) is 0 Å². The number of aromatic nitrogens is 1. The van der Waals surface area contributed by atoms with Gasteiger partial charge in [0.15, 0.2) is 4.80 Å². The Balaban J connectivity index is 1.77. The summed E-state index contributed by atoms with van der Waals surface area (Å²) in [5.41, 5.74) is 1.59. The third-order valence-electron chi connectivity index (χ3n) is 5.76. The monoisotopic (exact) mass is 490 g/mol. The van der Waals surface area contributed by atoms with Crippen LogP contribution in [0.3, 0.4) is 0 Å². The van der Waals surface area contributed by atoms with Gasteiger partial charge in [-0.3, -0.25) is 9.36 Å². The summed E-state index contributed by atoms with van der Waals surface area (Å²) in [6.45, 7) is 3.80. The smallest absolute Gasteiger partial charge is 0.338 e. The minimum Gasteiger partial charge on any atom is -0.496 e. The van der Waals surface area contributed by atoms with Crippen molar-refractivity contribution < 1.29 is 14.3 Å². The van der Waals surface area contributed by atoms with Crippen molar-refractivity contribution >= 4 is 45.5 Å². The summed E-state index contributed by atoms with van der Waals surface area (Å²) >= 11 is 2.80. The van der Waals surface area contributed by atoms with Gasteiger partial charge in [0.25, 0.3) is 5.56 Å². The van der Waals surface area contributed by atoms with Gasteiger partial charge in [0, 0.05) is 10.4 Å². The molecule has 0 fully saturated rings. The topological polar surface area (TPSA) is 69.9 Å². The summed E-state index contributed by atoms with van der Waals surface area (Å²) < 4.78 is 13.1. The molecule has 0 radical (unpaired) electrons. The Morgan fingerprint density at radius 2 is 2.00 bits per heavy atom. The van der Waals surface area contributed by atoms with E-state index >= 15 is 0 Å². The summed E-state index contributed by atoms with van der Waals surface area (Å²) in [7, 11) is 1.62. The van der Waals surface area contributed by atoms with Gasteiger partial charge in [-0.05, 0) is 48.2 Å². The lowest BCUT2D eigenvalue weighted by Gasteiger charge is -2.23. The van der Waals surface area contributed by atoms with Crippen LogP contribution >= 0.6 is 22.7 Å². The zero-order valence-corrected chi connectivity index (χ0v) is 20.5. The van der Waals surface area contributed by atoms with Crippen molar-refractivity contribution in [1.29, 1.82) is 0 Å². The van der Waals surface area contributed by atoms with E-state index in [-0.39, 0.29) is 12.2 Å². The Labute approximate surface area is 203 Å². The number of allylic oxidation sites excluding steroid dienone is 1. The number of nitrogens with zero attached hydrogens (tertiary/aromatic N) is 2. The third kappa shape index (κ3) is 3.69. The molecule has 6 nitrogen and oxygen atoms in total. The van der Waals surface area contributed by atoms with Crippen LogP contribution in [-0.4, -0.2) is 24.3 Å². The highest BCUT2D eigenvalue weighted by Crippen LogP contribution is 2.33. The van der Waals surface area contributed by atoms with Crippen LogP contribution in [0, 0.1) is 0 Å². The van der Waals surface area contributed by atoms with Gasteiger partial charge < -0.3 is 9.47 Å². The third-order valence-corrected chi connectivity index (χ3v) is 7.66. The lowest BCUT2D eigenvalue weighted by molar-refractivity contribution is -0.139. The minimum atomic E-state index is -0.577. The molecule has 2 aromatic heterocycles. The van der Waals surface area contributed by atoms with E-state index in [1.54, 1.807) is 25.5 Å². The minimum absolute atomic E-state index is 0.202. The number of ether oxygens (including phenoxy) is 2. The van der Waals surface area contributed by atoms with Crippen molar-refractivity contribution in [1.82, 2.24) is 4.57 Å². The molecule has 8 heteroatoms. The van der Waals surface area contributed by atoms with Crippen LogP contribution in [0.4, 0.5) is 0 Å². The van der Waals surface area contributed by atoms with Gasteiger partial charge in [-0.15, -0.1) is 11.3 Å². The molecule has 1 aliphatic rings. The van der Waals surface area contributed by atoms with E-state index in [9.17, 15) is 9.59 Å². The molecule has 0 saturated carbocycles. The number of hydrogen-bond donors (Lipinski definition) is 0. The molecule has 172 valence electrons. The highest BCUT2D eigenvalue weighted by atomic mass is 32.1. The zero-order valence-electron chi connectivity index (χ0n) is 18.9. The maximum Gasteiger partial charge on any atom is 0.338 e. The van der Waals surface area contributed by atoms with Crippen LogP contribution in [0.5, 0.6) is 5.75 Å². The summed E-state index contributed by atoms with van der Waals surface area (Å²) in [5.74, 6) is 0.231. The fourth-order valence-corrected chi connectivity index (χ4v) is 6.09. The van der Waals surface area contributed by atoms with Crippen LogP contribution < -0.4 is 19.6 Å². The SMILES string of the molecule is CCOC(=O)C1=C(C)N=c2s/c(=C\c3c(OC)ccc4ccccc34)c(=O)n2C1c1cccs1. The molecule has 0 spiro atoms. The second-order valence-electron chi connectivity index (χ2n) is 7.72. The molecule has 2 aromatic carbocycles. The predicted molar refractivity (Wildman–Crippen MR) is 135 cm³/mol. The molecule has 0 N–H and O–H groups in total. The Bertz CT molecular complexity index is 1610. The normalized spacial score (nSPS) is 15.9. The average molecular weight is 491 g/mol. The number of carbonyl (C=O) groups excluding carboxylic acids is 1. The van der Waals surface area contributed by atoms with Gasteiger partial charge in [-0.2, -0.15) is 0 Å². The number of esters is 1. The molecule has 1 atom stereocenters. The zero-order chi connectivity index (χ0) is 23.8. The van der Waals surface area contributed by atoms with Gasteiger partial charge in [0.05, 0.1) is 29.5 Å². The van der Waals surface area contributed by atoms with Crippen molar-refractivity contribution in [3.05, 3.63) is 95.3 Å². The fraction of sp³-hybridized carbons (Fsp3) is 0.192. The fourth-order valence-electron chi connectivity index (χ4n) is 4.24. The molecule has 5 rings (SSSR count). The quantitative estimate of drug-likeness (QED) is 0.396. The average Bonchev–Trinajstić information content (AvgIpc) is 3.47. The molecule has 34 heavy (non-hydrogen) atoms. The second kappa shape index (κ2) is 9.04. The van der Waals surface area contributed by atoms with Crippen molar-refractivity contribution in [2.75, 3.05) is 13.7 Å². The Hall–Kier alpha value is -3.49. The van der Waals surface area contributed by atoms with Crippen LogP contribution in [-0.2, 0) is 9.53 Å². The Morgan fingerprint density at radius 3 is 2.74 bits per heavy atom. The van der Waals surface area contributed by atoms with Crippen molar-refractivity contribution in [2.45, 2.75) is 19.9 Å². The van der Waals surface area contributed by atoms with E-state index in [0.29, 0.717) is 26.4 Å². The first kappa shape index (κ1) is 22.3. The number of fused-ring (bicyclic) bond motifs is 2. The molecule has 0 amide bonds. The van der Waals surface area contributed by atoms with Crippen LogP contribution in [0.15, 0.2) is 75.0 Å². The maximum atomic E-state index is 13.8. The summed E-state index contributed by atoms with van der Waals surface area (Å²) in [6.07, 6.45) is 1.86. The lowest BCUT2D eigenvalue weighted by atomic mass is 10.0. The molecular formula is C26H22N2O4S2. The Morgan fingerprint density at radius 1 is 1.18 bits per heavy atom. The first-order chi connectivity index (χ1) is 16.5. The van der Waals surface area contributed by atoms with Crippen molar-refractivity contribution in [3.63, 3.8) is 0 Å². The first-order valence-electron chi connectivity index (χ1n) is 10.8. The predicted octanol–water partition coefficient (Wildman–Crippen LogP) is 4.02. The summed E-state index contributed by atoms with van der Waals surface area (Å²) in [5, 5.41) is 3.98. The highest BCUT2D eigenvalue weighted by molar-refractivity contribution is 7.10. The molecule has 0 saturated heterocycles. The summed E-state index contributed by atoms with van der Waals surface area (Å²) in [6, 6.07) is 15.2. The number of carbonyl (C=O) groups is 1. The highest BCUT2D eigenvalue weighted by Gasteiger charge is 2.33. The van der Waals surface area contributed by atoms with Gasteiger partial charge in [-0.1, -0.05) is 47.7 Å². The van der Waals surface area contributed by atoms with Gasteiger partial charge in [0.1, 0.15) is 11.8 Å². The van der Waals surface area contributed by atoms with E-state index in [1.165, 1.54) is 22.7 Å².